The Morgan fingerprint density at radius 3 is 2.74 bits per heavy atom. The summed E-state index contributed by atoms with van der Waals surface area (Å²) in [6.45, 7) is 6.63. The van der Waals surface area contributed by atoms with E-state index in [0.29, 0.717) is 34.8 Å². The molecule has 31 heavy (non-hydrogen) atoms. The number of amides is 1. The standard InChI is InChI=1S/C23H26ClN5O2/c1-13(2)12-29(22(31)15-4-5-15)20-8-9-25-23(28-20)26-14(3)18-11-16-10-17(24)6-7-19(16)27-21(18)30/h6-11,13-15H,4-5,12H2,1-3H3,(H,27,30)(H,25,26,28). The SMILES string of the molecule is CC(C)CN(C(=O)C1CC1)c1ccnc(NC(C)c2cc3cc(Cl)ccc3[nH]c2=O)n1. The summed E-state index contributed by atoms with van der Waals surface area (Å²) < 4.78 is 0. The van der Waals surface area contributed by atoms with Gasteiger partial charge < -0.3 is 10.3 Å². The fourth-order valence-corrected chi connectivity index (χ4v) is 3.75. The molecule has 2 N–H and O–H groups in total. The summed E-state index contributed by atoms with van der Waals surface area (Å²) in [5.41, 5.74) is 1.10. The minimum absolute atomic E-state index is 0.104. The van der Waals surface area contributed by atoms with E-state index in [2.05, 4.69) is 34.1 Å². The minimum atomic E-state index is -0.347. The first-order chi connectivity index (χ1) is 14.8. The van der Waals surface area contributed by atoms with Gasteiger partial charge in [0, 0.05) is 40.1 Å². The van der Waals surface area contributed by atoms with Crippen molar-refractivity contribution < 1.29 is 4.79 Å². The molecule has 0 spiro atoms. The number of anilines is 2. The minimum Gasteiger partial charge on any atom is -0.347 e. The monoisotopic (exact) mass is 439 g/mol. The number of aromatic nitrogens is 3. The maximum Gasteiger partial charge on any atom is 0.253 e. The van der Waals surface area contributed by atoms with Crippen molar-refractivity contribution in [2.75, 3.05) is 16.8 Å². The average Bonchev–Trinajstić information content (AvgIpc) is 3.57. The van der Waals surface area contributed by atoms with Gasteiger partial charge in [0.05, 0.1) is 6.04 Å². The second-order valence-corrected chi connectivity index (χ2v) is 8.94. The maximum absolute atomic E-state index is 12.8. The average molecular weight is 440 g/mol. The molecule has 0 bridgehead atoms. The molecule has 2 aromatic heterocycles. The highest BCUT2D eigenvalue weighted by atomic mass is 35.5. The number of benzene rings is 1. The van der Waals surface area contributed by atoms with Crippen molar-refractivity contribution in [1.29, 1.82) is 0 Å². The lowest BCUT2D eigenvalue weighted by Crippen LogP contribution is -2.36. The van der Waals surface area contributed by atoms with Crippen LogP contribution in [-0.2, 0) is 4.79 Å². The van der Waals surface area contributed by atoms with Gasteiger partial charge in [0.1, 0.15) is 5.82 Å². The number of aromatic amines is 1. The van der Waals surface area contributed by atoms with Crippen LogP contribution in [0.5, 0.6) is 0 Å². The molecule has 2 heterocycles. The highest BCUT2D eigenvalue weighted by molar-refractivity contribution is 6.31. The van der Waals surface area contributed by atoms with Crippen LogP contribution in [0.25, 0.3) is 10.9 Å². The Balaban J connectivity index is 1.59. The summed E-state index contributed by atoms with van der Waals surface area (Å²) in [6, 6.07) is 8.57. The van der Waals surface area contributed by atoms with Gasteiger partial charge in [-0.3, -0.25) is 14.5 Å². The predicted molar refractivity (Wildman–Crippen MR) is 124 cm³/mol. The van der Waals surface area contributed by atoms with Gasteiger partial charge in [-0.2, -0.15) is 4.98 Å². The van der Waals surface area contributed by atoms with Crippen LogP contribution in [0.15, 0.2) is 41.3 Å². The van der Waals surface area contributed by atoms with E-state index in [9.17, 15) is 9.59 Å². The summed E-state index contributed by atoms with van der Waals surface area (Å²) in [6.07, 6.45) is 3.51. The van der Waals surface area contributed by atoms with Gasteiger partial charge in [-0.15, -0.1) is 0 Å². The van der Waals surface area contributed by atoms with Crippen LogP contribution in [0, 0.1) is 11.8 Å². The summed E-state index contributed by atoms with van der Waals surface area (Å²) in [5, 5.41) is 4.65. The highest BCUT2D eigenvalue weighted by Gasteiger charge is 2.34. The third kappa shape index (κ3) is 4.88. The third-order valence-corrected chi connectivity index (χ3v) is 5.54. The van der Waals surface area contributed by atoms with E-state index in [1.807, 2.05) is 19.1 Å². The Kier molecular flexibility index (Phi) is 5.96. The van der Waals surface area contributed by atoms with E-state index in [4.69, 9.17) is 11.6 Å². The van der Waals surface area contributed by atoms with Gasteiger partial charge in [-0.05, 0) is 56.0 Å². The Bertz CT molecular complexity index is 1170. The number of fused-ring (bicyclic) bond motifs is 1. The Morgan fingerprint density at radius 1 is 1.26 bits per heavy atom. The van der Waals surface area contributed by atoms with E-state index in [0.717, 1.165) is 23.7 Å². The largest absolute Gasteiger partial charge is 0.347 e. The maximum atomic E-state index is 12.8. The number of carbonyl (C=O) groups is 1. The summed E-state index contributed by atoms with van der Waals surface area (Å²) in [5.74, 6) is 1.49. The number of nitrogens with zero attached hydrogens (tertiary/aromatic N) is 3. The van der Waals surface area contributed by atoms with Crippen LogP contribution >= 0.6 is 11.6 Å². The fraction of sp³-hybridized carbons (Fsp3) is 0.391. The molecule has 7 nitrogen and oxygen atoms in total. The molecule has 1 fully saturated rings. The molecule has 0 saturated heterocycles. The number of nitrogens with one attached hydrogen (secondary N) is 2. The number of rotatable bonds is 7. The van der Waals surface area contributed by atoms with Crippen LogP contribution in [-0.4, -0.2) is 27.4 Å². The first kappa shape index (κ1) is 21.3. The topological polar surface area (TPSA) is 91.0 Å². The zero-order valence-electron chi connectivity index (χ0n) is 17.9. The molecule has 1 unspecified atom stereocenters. The van der Waals surface area contributed by atoms with Crippen molar-refractivity contribution in [3.8, 4) is 0 Å². The van der Waals surface area contributed by atoms with E-state index in [1.54, 1.807) is 29.3 Å². The summed E-state index contributed by atoms with van der Waals surface area (Å²) >= 11 is 6.10. The second-order valence-electron chi connectivity index (χ2n) is 8.51. The quantitative estimate of drug-likeness (QED) is 0.563. The zero-order valence-corrected chi connectivity index (χ0v) is 18.6. The summed E-state index contributed by atoms with van der Waals surface area (Å²) in [4.78, 5) is 38.9. The Morgan fingerprint density at radius 2 is 2.03 bits per heavy atom. The van der Waals surface area contributed by atoms with Crippen LogP contribution in [0.2, 0.25) is 5.02 Å². The Hall–Kier alpha value is -2.93. The van der Waals surface area contributed by atoms with Crippen molar-refractivity contribution in [3.63, 3.8) is 0 Å². The molecular weight excluding hydrogens is 414 g/mol. The van der Waals surface area contributed by atoms with Gasteiger partial charge in [0.15, 0.2) is 0 Å². The number of H-pyrrole nitrogens is 1. The molecule has 1 amide bonds. The van der Waals surface area contributed by atoms with E-state index < -0.39 is 0 Å². The van der Waals surface area contributed by atoms with E-state index >= 15 is 0 Å². The van der Waals surface area contributed by atoms with E-state index in [1.165, 1.54) is 0 Å². The zero-order chi connectivity index (χ0) is 22.1. The number of halogens is 1. The lowest BCUT2D eigenvalue weighted by molar-refractivity contribution is -0.119. The first-order valence-electron chi connectivity index (χ1n) is 10.5. The van der Waals surface area contributed by atoms with Gasteiger partial charge in [0.25, 0.3) is 5.56 Å². The Labute approximate surface area is 185 Å². The molecule has 0 aliphatic heterocycles. The number of hydrogen-bond acceptors (Lipinski definition) is 5. The first-order valence-corrected chi connectivity index (χ1v) is 10.9. The van der Waals surface area contributed by atoms with Gasteiger partial charge in [-0.1, -0.05) is 25.4 Å². The number of carbonyl (C=O) groups excluding carboxylic acids is 1. The molecule has 1 aliphatic rings. The molecule has 1 aliphatic carbocycles. The van der Waals surface area contributed by atoms with Crippen molar-refractivity contribution in [2.45, 2.75) is 39.7 Å². The molecule has 1 atom stereocenters. The van der Waals surface area contributed by atoms with Crippen LogP contribution < -0.4 is 15.8 Å². The third-order valence-electron chi connectivity index (χ3n) is 5.30. The molecule has 1 saturated carbocycles. The predicted octanol–water partition coefficient (Wildman–Crippen LogP) is 4.54. The number of pyridine rings is 1. The van der Waals surface area contributed by atoms with Crippen molar-refractivity contribution >= 4 is 40.2 Å². The van der Waals surface area contributed by atoms with Gasteiger partial charge in [-0.25, -0.2) is 4.98 Å². The van der Waals surface area contributed by atoms with Gasteiger partial charge in [0.2, 0.25) is 11.9 Å². The van der Waals surface area contributed by atoms with Gasteiger partial charge >= 0.3 is 0 Å². The summed E-state index contributed by atoms with van der Waals surface area (Å²) in [7, 11) is 0. The fourth-order valence-electron chi connectivity index (χ4n) is 3.57. The van der Waals surface area contributed by atoms with E-state index in [-0.39, 0.29) is 23.4 Å². The number of hydrogen-bond donors (Lipinski definition) is 2. The van der Waals surface area contributed by atoms with Crippen LogP contribution in [0.4, 0.5) is 11.8 Å². The normalized spacial score (nSPS) is 14.6. The second kappa shape index (κ2) is 8.67. The molecule has 8 heteroatoms. The molecule has 0 radical (unpaired) electrons. The molecule has 4 rings (SSSR count). The van der Waals surface area contributed by atoms with Crippen LogP contribution in [0.1, 0.15) is 45.2 Å². The van der Waals surface area contributed by atoms with Crippen molar-refractivity contribution in [1.82, 2.24) is 15.0 Å². The smallest absolute Gasteiger partial charge is 0.253 e. The van der Waals surface area contributed by atoms with Crippen molar-refractivity contribution in [3.05, 3.63) is 57.5 Å². The molecule has 3 aromatic rings. The van der Waals surface area contributed by atoms with Crippen LogP contribution in [0.3, 0.4) is 0 Å². The van der Waals surface area contributed by atoms with Crippen molar-refractivity contribution in [2.24, 2.45) is 11.8 Å². The molecular formula is C23H26ClN5O2. The highest BCUT2D eigenvalue weighted by Crippen LogP contribution is 2.33. The molecule has 162 valence electrons. The lowest BCUT2D eigenvalue weighted by atomic mass is 10.1. The molecule has 1 aromatic carbocycles. The lowest BCUT2D eigenvalue weighted by Gasteiger charge is -2.24.